The van der Waals surface area contributed by atoms with Gasteiger partial charge in [0.05, 0.1) is 23.4 Å². The number of aromatic amines is 1. The number of Topliss-reactive ketones (excluding diaryl/α,β-unsaturated/α-hetero) is 2. The van der Waals surface area contributed by atoms with Crippen molar-refractivity contribution in [3.63, 3.8) is 0 Å². The van der Waals surface area contributed by atoms with E-state index in [2.05, 4.69) is 4.98 Å². The topological polar surface area (TPSA) is 85.5 Å². The molecule has 0 bridgehead atoms. The smallest absolute Gasteiger partial charge is 0.340 e. The van der Waals surface area contributed by atoms with Crippen LogP contribution >= 0.6 is 11.6 Å². The van der Waals surface area contributed by atoms with E-state index < -0.39 is 5.97 Å². The van der Waals surface area contributed by atoms with Crippen molar-refractivity contribution in [2.75, 3.05) is 13.2 Å². The SMILES string of the molecule is CCOC(=O)c1c(C)[nH]c(C(=O)COc2ccc(Cl)cc2C(C)=O)c1C. The molecule has 0 atom stereocenters. The molecule has 0 saturated heterocycles. The molecule has 2 aromatic rings. The van der Waals surface area contributed by atoms with E-state index in [9.17, 15) is 14.4 Å². The summed E-state index contributed by atoms with van der Waals surface area (Å²) in [6.45, 7) is 6.44. The van der Waals surface area contributed by atoms with E-state index in [0.717, 1.165) is 0 Å². The van der Waals surface area contributed by atoms with E-state index in [-0.39, 0.29) is 36.2 Å². The summed E-state index contributed by atoms with van der Waals surface area (Å²) in [7, 11) is 0. The number of hydrogen-bond acceptors (Lipinski definition) is 5. The Morgan fingerprint density at radius 3 is 2.50 bits per heavy atom. The summed E-state index contributed by atoms with van der Waals surface area (Å²) in [5.41, 5.74) is 2.00. The van der Waals surface area contributed by atoms with Gasteiger partial charge in [-0.15, -0.1) is 0 Å². The van der Waals surface area contributed by atoms with Gasteiger partial charge in [-0.3, -0.25) is 9.59 Å². The van der Waals surface area contributed by atoms with Crippen molar-refractivity contribution in [3.8, 4) is 5.75 Å². The molecule has 0 fully saturated rings. The largest absolute Gasteiger partial charge is 0.485 e. The van der Waals surface area contributed by atoms with Gasteiger partial charge in [-0.05, 0) is 51.5 Å². The predicted octanol–water partition coefficient (Wildman–Crippen LogP) is 3.93. The number of aryl methyl sites for hydroxylation is 1. The summed E-state index contributed by atoms with van der Waals surface area (Å²) in [6, 6.07) is 4.62. The molecule has 6 nitrogen and oxygen atoms in total. The van der Waals surface area contributed by atoms with Crippen LogP contribution in [0.15, 0.2) is 18.2 Å². The number of ketones is 2. The van der Waals surface area contributed by atoms with E-state index in [1.807, 2.05) is 0 Å². The first kappa shape index (κ1) is 19.7. The molecular formula is C19H20ClNO5. The first-order chi connectivity index (χ1) is 12.3. The van der Waals surface area contributed by atoms with Crippen molar-refractivity contribution < 1.29 is 23.9 Å². The molecule has 0 saturated carbocycles. The number of rotatable bonds is 7. The van der Waals surface area contributed by atoms with Crippen LogP contribution in [0.2, 0.25) is 5.02 Å². The second kappa shape index (κ2) is 8.19. The van der Waals surface area contributed by atoms with Gasteiger partial charge in [0, 0.05) is 10.7 Å². The van der Waals surface area contributed by atoms with Gasteiger partial charge in [0.25, 0.3) is 0 Å². The van der Waals surface area contributed by atoms with E-state index in [0.29, 0.717) is 27.4 Å². The highest BCUT2D eigenvalue weighted by Crippen LogP contribution is 2.24. The number of halogens is 1. The maximum Gasteiger partial charge on any atom is 0.340 e. The number of H-pyrrole nitrogens is 1. The molecule has 1 aromatic heterocycles. The van der Waals surface area contributed by atoms with Crippen LogP contribution in [0, 0.1) is 13.8 Å². The molecule has 1 heterocycles. The molecule has 0 aliphatic heterocycles. The summed E-state index contributed by atoms with van der Waals surface area (Å²) in [5.74, 6) is -0.755. The minimum Gasteiger partial charge on any atom is -0.485 e. The van der Waals surface area contributed by atoms with Crippen LogP contribution < -0.4 is 4.74 Å². The lowest BCUT2D eigenvalue weighted by atomic mass is 10.1. The van der Waals surface area contributed by atoms with Gasteiger partial charge >= 0.3 is 5.97 Å². The van der Waals surface area contributed by atoms with E-state index in [1.54, 1.807) is 32.9 Å². The van der Waals surface area contributed by atoms with Crippen molar-refractivity contribution in [2.45, 2.75) is 27.7 Å². The third-order valence-corrected chi connectivity index (χ3v) is 4.11. The van der Waals surface area contributed by atoms with Gasteiger partial charge < -0.3 is 14.5 Å². The fourth-order valence-electron chi connectivity index (χ4n) is 2.66. The van der Waals surface area contributed by atoms with Crippen molar-refractivity contribution in [3.05, 3.63) is 51.3 Å². The van der Waals surface area contributed by atoms with Crippen LogP contribution in [0.5, 0.6) is 5.75 Å². The lowest BCUT2D eigenvalue weighted by Gasteiger charge is -2.09. The Kier molecular flexibility index (Phi) is 6.21. The standard InChI is InChI=1S/C19H20ClNO5/c1-5-25-19(24)17-10(2)18(21-11(17)3)15(23)9-26-16-7-6-13(20)8-14(16)12(4)22/h6-8,21H,5,9H2,1-4H3. The van der Waals surface area contributed by atoms with Crippen molar-refractivity contribution in [1.29, 1.82) is 0 Å². The zero-order chi connectivity index (χ0) is 19.4. The zero-order valence-electron chi connectivity index (χ0n) is 15.1. The monoisotopic (exact) mass is 377 g/mol. The van der Waals surface area contributed by atoms with Gasteiger partial charge in [0.1, 0.15) is 5.75 Å². The van der Waals surface area contributed by atoms with Gasteiger partial charge in [0.15, 0.2) is 12.4 Å². The molecule has 138 valence electrons. The van der Waals surface area contributed by atoms with Gasteiger partial charge in [-0.25, -0.2) is 4.79 Å². The summed E-state index contributed by atoms with van der Waals surface area (Å²) >= 11 is 5.89. The quantitative estimate of drug-likeness (QED) is 0.583. The highest BCUT2D eigenvalue weighted by atomic mass is 35.5. The molecule has 0 amide bonds. The van der Waals surface area contributed by atoms with Crippen molar-refractivity contribution in [2.24, 2.45) is 0 Å². The Balaban J connectivity index is 2.21. The molecule has 0 unspecified atom stereocenters. The molecule has 7 heteroatoms. The zero-order valence-corrected chi connectivity index (χ0v) is 15.8. The van der Waals surface area contributed by atoms with E-state index in [1.165, 1.54) is 13.0 Å². The predicted molar refractivity (Wildman–Crippen MR) is 97.5 cm³/mol. The summed E-state index contributed by atoms with van der Waals surface area (Å²) in [6.07, 6.45) is 0. The normalized spacial score (nSPS) is 10.5. The number of benzene rings is 1. The molecule has 26 heavy (non-hydrogen) atoms. The third-order valence-electron chi connectivity index (χ3n) is 3.88. The van der Waals surface area contributed by atoms with Crippen LogP contribution in [0.4, 0.5) is 0 Å². The van der Waals surface area contributed by atoms with E-state index in [4.69, 9.17) is 21.1 Å². The second-order valence-corrected chi connectivity index (χ2v) is 6.19. The van der Waals surface area contributed by atoms with Crippen LogP contribution in [0.3, 0.4) is 0 Å². The number of nitrogens with one attached hydrogen (secondary N) is 1. The maximum atomic E-state index is 12.5. The Morgan fingerprint density at radius 1 is 1.19 bits per heavy atom. The summed E-state index contributed by atoms with van der Waals surface area (Å²) in [5, 5.41) is 0.406. The average Bonchev–Trinajstić information content (AvgIpc) is 2.88. The Labute approximate surface area is 156 Å². The Hall–Kier alpha value is -2.60. The van der Waals surface area contributed by atoms with Crippen molar-refractivity contribution in [1.82, 2.24) is 4.98 Å². The fraction of sp³-hybridized carbons (Fsp3) is 0.316. The molecule has 2 rings (SSSR count). The second-order valence-electron chi connectivity index (χ2n) is 5.75. The molecule has 1 aromatic carbocycles. The molecular weight excluding hydrogens is 358 g/mol. The minimum atomic E-state index is -0.477. The minimum absolute atomic E-state index is 0.216. The summed E-state index contributed by atoms with van der Waals surface area (Å²) in [4.78, 5) is 39.1. The first-order valence-corrected chi connectivity index (χ1v) is 8.46. The number of hydrogen-bond donors (Lipinski definition) is 1. The van der Waals surface area contributed by atoms with Gasteiger partial charge in [-0.2, -0.15) is 0 Å². The Bertz CT molecular complexity index is 869. The van der Waals surface area contributed by atoms with Crippen LogP contribution in [0.25, 0.3) is 0 Å². The highest BCUT2D eigenvalue weighted by Gasteiger charge is 2.23. The van der Waals surface area contributed by atoms with Gasteiger partial charge in [0.2, 0.25) is 5.78 Å². The van der Waals surface area contributed by atoms with Crippen molar-refractivity contribution >= 4 is 29.1 Å². The lowest BCUT2D eigenvalue weighted by Crippen LogP contribution is -2.15. The summed E-state index contributed by atoms with van der Waals surface area (Å²) < 4.78 is 10.5. The van der Waals surface area contributed by atoms with Crippen LogP contribution in [-0.4, -0.2) is 35.7 Å². The molecule has 0 radical (unpaired) electrons. The number of carbonyl (C=O) groups is 3. The number of ether oxygens (including phenoxy) is 2. The molecule has 1 N–H and O–H groups in total. The maximum absolute atomic E-state index is 12.5. The fourth-order valence-corrected chi connectivity index (χ4v) is 2.83. The first-order valence-electron chi connectivity index (χ1n) is 8.09. The molecule has 0 aliphatic carbocycles. The molecule has 0 spiro atoms. The molecule has 0 aliphatic rings. The average molecular weight is 378 g/mol. The highest BCUT2D eigenvalue weighted by molar-refractivity contribution is 6.31. The number of esters is 1. The lowest BCUT2D eigenvalue weighted by molar-refractivity contribution is 0.0525. The van der Waals surface area contributed by atoms with Crippen LogP contribution in [0.1, 0.15) is 56.3 Å². The number of aromatic nitrogens is 1. The third kappa shape index (κ3) is 4.14. The van der Waals surface area contributed by atoms with Crippen LogP contribution in [-0.2, 0) is 4.74 Å². The Morgan fingerprint density at radius 2 is 1.88 bits per heavy atom. The van der Waals surface area contributed by atoms with Gasteiger partial charge in [-0.1, -0.05) is 11.6 Å². The van der Waals surface area contributed by atoms with E-state index >= 15 is 0 Å². The number of carbonyl (C=O) groups excluding carboxylic acids is 3.